The third-order valence-electron chi connectivity index (χ3n) is 6.29. The molecule has 1 amide bonds. The number of H-pyrrole nitrogens is 1. The van der Waals surface area contributed by atoms with Crippen LogP contribution in [0.2, 0.25) is 5.02 Å². The molecular formula is C23H28ClN3O4. The third kappa shape index (κ3) is 4.04. The first-order valence-electron chi connectivity index (χ1n) is 10.6. The smallest absolute Gasteiger partial charge is 0.253 e. The summed E-state index contributed by atoms with van der Waals surface area (Å²) in [6.07, 6.45) is 1.89. The third-order valence-corrected chi connectivity index (χ3v) is 6.57. The van der Waals surface area contributed by atoms with Gasteiger partial charge in [0.05, 0.1) is 5.02 Å². The van der Waals surface area contributed by atoms with E-state index in [1.54, 1.807) is 6.07 Å². The van der Waals surface area contributed by atoms with Crippen LogP contribution >= 0.6 is 11.6 Å². The van der Waals surface area contributed by atoms with E-state index in [2.05, 4.69) is 15.6 Å². The Morgan fingerprint density at radius 2 is 1.87 bits per heavy atom. The Labute approximate surface area is 186 Å². The monoisotopic (exact) mass is 445 g/mol. The summed E-state index contributed by atoms with van der Waals surface area (Å²) in [4.78, 5) is 28.0. The minimum Gasteiger partial charge on any atom is -0.448 e. The van der Waals surface area contributed by atoms with Crippen molar-refractivity contribution >= 4 is 17.5 Å². The Balaban J connectivity index is 1.56. The molecule has 0 aliphatic carbocycles. The molecule has 1 fully saturated rings. The first-order valence-corrected chi connectivity index (χ1v) is 11.0. The lowest BCUT2D eigenvalue weighted by Gasteiger charge is -2.35. The van der Waals surface area contributed by atoms with Gasteiger partial charge in [-0.1, -0.05) is 11.6 Å². The van der Waals surface area contributed by atoms with Crippen LogP contribution in [0.4, 0.5) is 0 Å². The summed E-state index contributed by atoms with van der Waals surface area (Å²) >= 11 is 6.49. The summed E-state index contributed by atoms with van der Waals surface area (Å²) in [5.74, 6) is 0.108. The lowest BCUT2D eigenvalue weighted by molar-refractivity contribution is -0.118. The van der Waals surface area contributed by atoms with E-state index in [9.17, 15) is 9.59 Å². The van der Waals surface area contributed by atoms with Crippen LogP contribution in [-0.4, -0.2) is 29.8 Å². The maximum absolute atomic E-state index is 13.0. The minimum absolute atomic E-state index is 0.124. The molecule has 3 N–H and O–H groups in total. The lowest BCUT2D eigenvalue weighted by Crippen LogP contribution is -2.47. The molecule has 0 bridgehead atoms. The standard InChI is InChI=1S/C23H28ClN3O4/c1-12-9-13(2)27-22(29)17(12)11-26-21(28)16-10-18(24)20-19(14(16)3)30-23(4,31-20)15-5-7-25-8-6-15/h9-10,15,25H,5-8,11H2,1-4H3,(H,26,28)(H,27,29)/t23-/m1/s1. The van der Waals surface area contributed by atoms with E-state index in [1.807, 2.05) is 33.8 Å². The van der Waals surface area contributed by atoms with Crippen LogP contribution in [0, 0.1) is 26.7 Å². The molecule has 4 rings (SSSR count). The number of ether oxygens (including phenoxy) is 2. The van der Waals surface area contributed by atoms with Gasteiger partial charge in [-0.05, 0) is 64.4 Å². The van der Waals surface area contributed by atoms with Gasteiger partial charge in [-0.25, -0.2) is 0 Å². The van der Waals surface area contributed by atoms with Crippen molar-refractivity contribution < 1.29 is 14.3 Å². The summed E-state index contributed by atoms with van der Waals surface area (Å²) in [7, 11) is 0. The van der Waals surface area contributed by atoms with Crippen molar-refractivity contribution in [3.63, 3.8) is 0 Å². The molecule has 1 aromatic heterocycles. The summed E-state index contributed by atoms with van der Waals surface area (Å²) in [6, 6.07) is 3.49. The first-order chi connectivity index (χ1) is 14.7. The Bertz CT molecular complexity index is 1090. The molecule has 0 saturated carbocycles. The van der Waals surface area contributed by atoms with Crippen molar-refractivity contribution in [2.24, 2.45) is 5.92 Å². The average Bonchev–Trinajstić information content (AvgIpc) is 3.10. The van der Waals surface area contributed by atoms with Gasteiger partial charge in [0.15, 0.2) is 11.5 Å². The number of carbonyl (C=O) groups is 1. The molecule has 1 saturated heterocycles. The Hall–Kier alpha value is -2.51. The highest BCUT2D eigenvalue weighted by atomic mass is 35.5. The summed E-state index contributed by atoms with van der Waals surface area (Å²) in [6.45, 7) is 9.40. The minimum atomic E-state index is -0.805. The van der Waals surface area contributed by atoms with Gasteiger partial charge in [0.1, 0.15) is 0 Å². The zero-order valence-corrected chi connectivity index (χ0v) is 19.0. The van der Waals surface area contributed by atoms with Gasteiger partial charge in [0, 0.05) is 41.8 Å². The molecule has 7 nitrogen and oxygen atoms in total. The first kappa shape index (κ1) is 21.7. The number of piperidine rings is 1. The molecule has 1 atom stereocenters. The second-order valence-electron chi connectivity index (χ2n) is 8.56. The van der Waals surface area contributed by atoms with E-state index < -0.39 is 5.79 Å². The molecule has 0 spiro atoms. The highest BCUT2D eigenvalue weighted by molar-refractivity contribution is 6.33. The van der Waals surface area contributed by atoms with E-state index in [4.69, 9.17) is 21.1 Å². The SMILES string of the molecule is Cc1cc(C)c(CNC(=O)c2cc(Cl)c3c(c2C)O[C@@](C)(C2CCNCC2)O3)c(=O)[nH]1. The largest absolute Gasteiger partial charge is 0.448 e. The van der Waals surface area contributed by atoms with Gasteiger partial charge in [-0.15, -0.1) is 0 Å². The number of nitrogens with one attached hydrogen (secondary N) is 3. The quantitative estimate of drug-likeness (QED) is 0.671. The number of hydrogen-bond donors (Lipinski definition) is 3. The van der Waals surface area contributed by atoms with Gasteiger partial charge in [0.25, 0.3) is 17.3 Å². The fourth-order valence-electron chi connectivity index (χ4n) is 4.46. The van der Waals surface area contributed by atoms with Crippen LogP contribution in [0.5, 0.6) is 11.5 Å². The fraction of sp³-hybridized carbons (Fsp3) is 0.478. The number of aromatic amines is 1. The van der Waals surface area contributed by atoms with Crippen LogP contribution in [0.1, 0.15) is 52.5 Å². The molecular weight excluding hydrogens is 418 g/mol. The number of aryl methyl sites for hydroxylation is 2. The maximum atomic E-state index is 13.0. The Kier molecular flexibility index (Phi) is 5.75. The molecule has 31 heavy (non-hydrogen) atoms. The van der Waals surface area contributed by atoms with Crippen LogP contribution in [0.3, 0.4) is 0 Å². The molecule has 2 aromatic rings. The van der Waals surface area contributed by atoms with E-state index in [1.165, 1.54) is 0 Å². The molecule has 2 aliphatic heterocycles. The van der Waals surface area contributed by atoms with Crippen LogP contribution in [0.15, 0.2) is 16.9 Å². The molecule has 3 heterocycles. The van der Waals surface area contributed by atoms with Gasteiger partial charge >= 0.3 is 0 Å². The number of halogens is 1. The van der Waals surface area contributed by atoms with Gasteiger partial charge in [-0.2, -0.15) is 0 Å². The summed E-state index contributed by atoms with van der Waals surface area (Å²) < 4.78 is 12.5. The Morgan fingerprint density at radius 1 is 1.19 bits per heavy atom. The van der Waals surface area contributed by atoms with Crippen molar-refractivity contribution in [2.45, 2.75) is 52.9 Å². The number of benzene rings is 1. The van der Waals surface area contributed by atoms with E-state index >= 15 is 0 Å². The fourth-order valence-corrected chi connectivity index (χ4v) is 4.69. The summed E-state index contributed by atoms with van der Waals surface area (Å²) in [5.41, 5.74) is 3.03. The molecule has 0 radical (unpaired) electrons. The molecule has 166 valence electrons. The van der Waals surface area contributed by atoms with Crippen LogP contribution in [-0.2, 0) is 6.54 Å². The second kappa shape index (κ2) is 8.20. The number of aromatic nitrogens is 1. The van der Waals surface area contributed by atoms with Crippen molar-refractivity contribution in [3.05, 3.63) is 55.5 Å². The van der Waals surface area contributed by atoms with Gasteiger partial charge in [0.2, 0.25) is 0 Å². The number of amides is 1. The normalized spacial score (nSPS) is 20.7. The van der Waals surface area contributed by atoms with E-state index in [-0.39, 0.29) is 23.9 Å². The van der Waals surface area contributed by atoms with Crippen LogP contribution < -0.4 is 25.7 Å². The molecule has 8 heteroatoms. The summed E-state index contributed by atoms with van der Waals surface area (Å²) in [5, 5.41) is 6.53. The van der Waals surface area contributed by atoms with Gasteiger partial charge < -0.3 is 25.1 Å². The average molecular weight is 446 g/mol. The van der Waals surface area contributed by atoms with Crippen molar-refractivity contribution in [1.29, 1.82) is 0 Å². The van der Waals surface area contributed by atoms with Gasteiger partial charge in [-0.3, -0.25) is 9.59 Å². The number of pyridine rings is 1. The zero-order chi connectivity index (χ0) is 22.3. The van der Waals surface area contributed by atoms with Crippen molar-refractivity contribution in [1.82, 2.24) is 15.6 Å². The Morgan fingerprint density at radius 3 is 2.55 bits per heavy atom. The van der Waals surface area contributed by atoms with Crippen molar-refractivity contribution in [2.75, 3.05) is 13.1 Å². The number of carbonyl (C=O) groups excluding carboxylic acids is 1. The predicted octanol–water partition coefficient (Wildman–Crippen LogP) is 3.37. The predicted molar refractivity (Wildman–Crippen MR) is 119 cm³/mol. The van der Waals surface area contributed by atoms with E-state index in [0.717, 1.165) is 37.2 Å². The van der Waals surface area contributed by atoms with Crippen molar-refractivity contribution in [3.8, 4) is 11.5 Å². The molecule has 0 unspecified atom stereocenters. The number of rotatable bonds is 4. The zero-order valence-electron chi connectivity index (χ0n) is 18.3. The van der Waals surface area contributed by atoms with Crippen LogP contribution in [0.25, 0.3) is 0 Å². The van der Waals surface area contributed by atoms with E-state index in [0.29, 0.717) is 33.2 Å². The highest BCUT2D eigenvalue weighted by Gasteiger charge is 2.46. The number of hydrogen-bond acceptors (Lipinski definition) is 5. The maximum Gasteiger partial charge on any atom is 0.253 e. The number of fused-ring (bicyclic) bond motifs is 1. The highest BCUT2D eigenvalue weighted by Crippen LogP contribution is 2.50. The molecule has 1 aromatic carbocycles. The lowest BCUT2D eigenvalue weighted by atomic mass is 9.90. The second-order valence-corrected chi connectivity index (χ2v) is 8.97. The topological polar surface area (TPSA) is 92.4 Å². The molecule has 2 aliphatic rings.